The standard InChI is InChI=1S/C19H27NO2/c1-18(2)8-13-9-19(3,11-18)12-20(13)15-10-22-16-7-5-4-6-14(16)17(15)21/h4-7,13,15,17,21H,8-12H2,1-3H3. The predicted octanol–water partition coefficient (Wildman–Crippen LogP) is 3.38. The molecule has 2 heterocycles. The van der Waals surface area contributed by atoms with E-state index < -0.39 is 6.10 Å². The van der Waals surface area contributed by atoms with Gasteiger partial charge in [-0.05, 0) is 36.2 Å². The van der Waals surface area contributed by atoms with Gasteiger partial charge in [-0.15, -0.1) is 0 Å². The van der Waals surface area contributed by atoms with Crippen LogP contribution >= 0.6 is 0 Å². The lowest BCUT2D eigenvalue weighted by Crippen LogP contribution is -2.48. The molecule has 3 nitrogen and oxygen atoms in total. The lowest BCUT2D eigenvalue weighted by Gasteiger charge is -2.41. The van der Waals surface area contributed by atoms with Crippen molar-refractivity contribution >= 4 is 0 Å². The number of ether oxygens (including phenoxy) is 1. The smallest absolute Gasteiger partial charge is 0.125 e. The monoisotopic (exact) mass is 301 g/mol. The molecule has 4 atom stereocenters. The summed E-state index contributed by atoms with van der Waals surface area (Å²) in [6.45, 7) is 8.90. The molecule has 0 aromatic heterocycles. The Kier molecular flexibility index (Phi) is 3.11. The first-order chi connectivity index (χ1) is 10.4. The molecule has 4 unspecified atom stereocenters. The Hall–Kier alpha value is -1.06. The second kappa shape index (κ2) is 4.72. The highest BCUT2D eigenvalue weighted by Gasteiger charge is 2.52. The summed E-state index contributed by atoms with van der Waals surface area (Å²) in [5.74, 6) is 0.847. The van der Waals surface area contributed by atoms with Crippen molar-refractivity contribution in [2.24, 2.45) is 10.8 Å². The van der Waals surface area contributed by atoms with E-state index in [4.69, 9.17) is 4.74 Å². The molecule has 1 aromatic carbocycles. The summed E-state index contributed by atoms with van der Waals surface area (Å²) in [6.07, 6.45) is 3.35. The average molecular weight is 301 g/mol. The normalized spacial score (nSPS) is 40.1. The van der Waals surface area contributed by atoms with Crippen LogP contribution in [0.1, 0.15) is 51.7 Å². The molecule has 1 N–H and O–H groups in total. The molecular weight excluding hydrogens is 274 g/mol. The molecule has 0 amide bonds. The molecular formula is C19H27NO2. The van der Waals surface area contributed by atoms with Crippen molar-refractivity contribution in [2.45, 2.75) is 58.2 Å². The molecule has 3 heteroatoms. The van der Waals surface area contributed by atoms with Crippen LogP contribution in [0.4, 0.5) is 0 Å². The average Bonchev–Trinajstić information content (AvgIpc) is 2.69. The number of hydrogen-bond donors (Lipinski definition) is 1. The molecule has 0 radical (unpaired) electrons. The molecule has 1 saturated heterocycles. The van der Waals surface area contributed by atoms with Gasteiger partial charge in [0.15, 0.2) is 0 Å². The molecule has 2 aliphatic heterocycles. The van der Waals surface area contributed by atoms with Crippen LogP contribution in [0.2, 0.25) is 0 Å². The highest BCUT2D eigenvalue weighted by atomic mass is 16.5. The maximum Gasteiger partial charge on any atom is 0.125 e. The molecule has 2 bridgehead atoms. The van der Waals surface area contributed by atoms with E-state index >= 15 is 0 Å². The lowest BCUT2D eigenvalue weighted by atomic mass is 9.65. The third-order valence-corrected chi connectivity index (χ3v) is 5.89. The number of aliphatic hydroxyl groups excluding tert-OH is 1. The van der Waals surface area contributed by atoms with Gasteiger partial charge in [-0.25, -0.2) is 0 Å². The Morgan fingerprint density at radius 2 is 1.95 bits per heavy atom. The van der Waals surface area contributed by atoms with Crippen molar-refractivity contribution in [3.05, 3.63) is 29.8 Å². The molecule has 1 aliphatic carbocycles. The van der Waals surface area contributed by atoms with Gasteiger partial charge in [-0.2, -0.15) is 0 Å². The Morgan fingerprint density at radius 3 is 2.77 bits per heavy atom. The van der Waals surface area contributed by atoms with Crippen molar-refractivity contribution in [3.8, 4) is 5.75 Å². The van der Waals surface area contributed by atoms with Crippen LogP contribution in [0, 0.1) is 10.8 Å². The van der Waals surface area contributed by atoms with Gasteiger partial charge in [0, 0.05) is 18.2 Å². The summed E-state index contributed by atoms with van der Waals surface area (Å²) < 4.78 is 5.95. The first kappa shape index (κ1) is 14.5. The SMILES string of the molecule is CC1(C)CC2CC(C)(CN2C2COc3ccccc3C2O)C1. The topological polar surface area (TPSA) is 32.7 Å². The van der Waals surface area contributed by atoms with Crippen molar-refractivity contribution < 1.29 is 9.84 Å². The van der Waals surface area contributed by atoms with Crippen molar-refractivity contribution in [1.29, 1.82) is 0 Å². The van der Waals surface area contributed by atoms with Gasteiger partial charge in [0.25, 0.3) is 0 Å². The number of hydrogen-bond acceptors (Lipinski definition) is 3. The highest BCUT2D eigenvalue weighted by Crippen LogP contribution is 2.54. The Balaban J connectivity index is 1.62. The summed E-state index contributed by atoms with van der Waals surface area (Å²) in [5, 5.41) is 10.9. The Morgan fingerprint density at radius 1 is 1.18 bits per heavy atom. The van der Waals surface area contributed by atoms with Crippen LogP contribution in [0.5, 0.6) is 5.75 Å². The van der Waals surface area contributed by atoms with E-state index in [1.807, 2.05) is 24.3 Å². The minimum absolute atomic E-state index is 0.0932. The third-order valence-electron chi connectivity index (χ3n) is 5.89. The Bertz CT molecular complexity index is 585. The van der Waals surface area contributed by atoms with E-state index in [2.05, 4.69) is 25.7 Å². The molecule has 22 heavy (non-hydrogen) atoms. The van der Waals surface area contributed by atoms with E-state index in [1.54, 1.807) is 0 Å². The quantitative estimate of drug-likeness (QED) is 0.863. The zero-order chi connectivity index (χ0) is 15.5. The second-order valence-corrected chi connectivity index (χ2v) is 8.75. The molecule has 120 valence electrons. The molecule has 0 spiro atoms. The van der Waals surface area contributed by atoms with Gasteiger partial charge in [0.1, 0.15) is 18.5 Å². The number of para-hydroxylation sites is 1. The van der Waals surface area contributed by atoms with E-state index in [0.717, 1.165) is 17.9 Å². The second-order valence-electron chi connectivity index (χ2n) is 8.75. The highest BCUT2D eigenvalue weighted by molar-refractivity contribution is 5.37. The van der Waals surface area contributed by atoms with E-state index in [1.165, 1.54) is 19.3 Å². The third kappa shape index (κ3) is 2.26. The fourth-order valence-electron chi connectivity index (χ4n) is 5.50. The summed E-state index contributed by atoms with van der Waals surface area (Å²) in [5.41, 5.74) is 1.75. The first-order valence-corrected chi connectivity index (χ1v) is 8.53. The minimum atomic E-state index is -0.434. The zero-order valence-corrected chi connectivity index (χ0v) is 13.9. The summed E-state index contributed by atoms with van der Waals surface area (Å²) in [6, 6.07) is 8.60. The lowest BCUT2D eigenvalue weighted by molar-refractivity contribution is -0.00707. The number of benzene rings is 1. The van der Waals surface area contributed by atoms with E-state index in [9.17, 15) is 5.11 Å². The molecule has 4 rings (SSSR count). The van der Waals surface area contributed by atoms with E-state index in [-0.39, 0.29) is 6.04 Å². The number of fused-ring (bicyclic) bond motifs is 3. The molecule has 2 fully saturated rings. The first-order valence-electron chi connectivity index (χ1n) is 8.53. The van der Waals surface area contributed by atoms with Gasteiger partial charge in [-0.3, -0.25) is 4.90 Å². The van der Waals surface area contributed by atoms with Crippen molar-refractivity contribution in [2.75, 3.05) is 13.2 Å². The summed E-state index contributed by atoms with van der Waals surface area (Å²) in [4.78, 5) is 2.55. The largest absolute Gasteiger partial charge is 0.491 e. The molecule has 1 aromatic rings. The number of likely N-dealkylation sites (tertiary alicyclic amines) is 1. The van der Waals surface area contributed by atoms with Gasteiger partial charge in [-0.1, -0.05) is 39.0 Å². The molecule has 3 aliphatic rings. The predicted molar refractivity (Wildman–Crippen MR) is 86.9 cm³/mol. The van der Waals surface area contributed by atoms with Crippen LogP contribution in [-0.4, -0.2) is 35.2 Å². The molecule has 1 saturated carbocycles. The zero-order valence-electron chi connectivity index (χ0n) is 13.9. The fraction of sp³-hybridized carbons (Fsp3) is 0.684. The van der Waals surface area contributed by atoms with Gasteiger partial charge < -0.3 is 9.84 Å². The van der Waals surface area contributed by atoms with Gasteiger partial charge in [0.2, 0.25) is 0 Å². The van der Waals surface area contributed by atoms with Gasteiger partial charge in [0.05, 0.1) is 6.04 Å². The number of aliphatic hydroxyl groups is 1. The van der Waals surface area contributed by atoms with Gasteiger partial charge >= 0.3 is 0 Å². The maximum absolute atomic E-state index is 10.9. The van der Waals surface area contributed by atoms with Crippen molar-refractivity contribution in [1.82, 2.24) is 4.90 Å². The summed E-state index contributed by atoms with van der Waals surface area (Å²) in [7, 11) is 0. The van der Waals surface area contributed by atoms with E-state index in [0.29, 0.717) is 23.5 Å². The van der Waals surface area contributed by atoms with Crippen LogP contribution in [0.25, 0.3) is 0 Å². The minimum Gasteiger partial charge on any atom is -0.491 e. The maximum atomic E-state index is 10.9. The summed E-state index contributed by atoms with van der Waals surface area (Å²) >= 11 is 0. The Labute approximate surface area is 133 Å². The number of nitrogens with zero attached hydrogens (tertiary/aromatic N) is 1. The van der Waals surface area contributed by atoms with Crippen LogP contribution in [0.15, 0.2) is 24.3 Å². The van der Waals surface area contributed by atoms with Crippen LogP contribution in [0.3, 0.4) is 0 Å². The van der Waals surface area contributed by atoms with Crippen LogP contribution in [-0.2, 0) is 0 Å². The number of rotatable bonds is 1. The van der Waals surface area contributed by atoms with Crippen LogP contribution < -0.4 is 4.74 Å². The fourth-order valence-corrected chi connectivity index (χ4v) is 5.50. The van der Waals surface area contributed by atoms with Crippen molar-refractivity contribution in [3.63, 3.8) is 0 Å².